The first-order chi connectivity index (χ1) is 23.7. The van der Waals surface area contributed by atoms with Gasteiger partial charge in [0, 0.05) is 89.0 Å². The van der Waals surface area contributed by atoms with E-state index >= 15 is 0 Å². The fourth-order valence-corrected chi connectivity index (χ4v) is 6.92. The highest BCUT2D eigenvalue weighted by Gasteiger charge is 2.60. The van der Waals surface area contributed by atoms with E-state index in [2.05, 4.69) is 20.5 Å². The Balaban J connectivity index is 1.32. The van der Waals surface area contributed by atoms with E-state index < -0.39 is 65.8 Å². The van der Waals surface area contributed by atoms with Crippen LogP contribution in [0.15, 0.2) is 93.5 Å². The first-order valence-corrected chi connectivity index (χ1v) is 16.1. The molecule has 0 N–H and O–H groups in total. The van der Waals surface area contributed by atoms with Gasteiger partial charge < -0.3 is 9.80 Å². The Morgan fingerprint density at radius 2 is 0.940 bits per heavy atom. The lowest BCUT2D eigenvalue weighted by molar-refractivity contribution is -0.180. The predicted octanol–water partition coefficient (Wildman–Crippen LogP) is 6.56. The number of rotatable bonds is 10. The van der Waals surface area contributed by atoms with Crippen molar-refractivity contribution in [2.75, 3.05) is 62.2 Å². The summed E-state index contributed by atoms with van der Waals surface area (Å²) in [5.74, 6) is -1.70. The monoisotopic (exact) mass is 710 g/mol. The molecule has 0 aliphatic carbocycles. The van der Waals surface area contributed by atoms with E-state index in [4.69, 9.17) is 0 Å². The zero-order valence-corrected chi connectivity index (χ0v) is 26.7. The molecule has 2 aromatic carbocycles. The SMILES string of the molecule is O=C(C(CC1(C(F)(F)F)C=CN=N1)N1CCN(c2ccc(F)cc2)CC1)C(CC1(C(F)(F)F)C=CN=N1)N1CCN(c2ccc(F)cc2)CC1. The first kappa shape index (κ1) is 35.6. The molecule has 9 nitrogen and oxygen atoms in total. The maximum absolute atomic E-state index is 14.8. The molecule has 2 fully saturated rings. The molecule has 4 aliphatic rings. The average Bonchev–Trinajstić information content (AvgIpc) is 3.79. The van der Waals surface area contributed by atoms with Gasteiger partial charge in [-0.15, -0.1) is 0 Å². The summed E-state index contributed by atoms with van der Waals surface area (Å²) < 4.78 is 115. The summed E-state index contributed by atoms with van der Waals surface area (Å²) >= 11 is 0. The summed E-state index contributed by atoms with van der Waals surface area (Å²) in [7, 11) is 0. The van der Waals surface area contributed by atoms with E-state index in [0.29, 0.717) is 11.4 Å². The topological polar surface area (TPSA) is 79.5 Å². The molecule has 0 radical (unpaired) electrons. The van der Waals surface area contributed by atoms with Gasteiger partial charge in [0.15, 0.2) is 16.9 Å². The van der Waals surface area contributed by atoms with Crippen LogP contribution in [0.2, 0.25) is 0 Å². The van der Waals surface area contributed by atoms with Gasteiger partial charge in [-0.3, -0.25) is 14.6 Å². The Morgan fingerprint density at radius 3 is 1.22 bits per heavy atom. The predicted molar refractivity (Wildman–Crippen MR) is 168 cm³/mol. The van der Waals surface area contributed by atoms with Crippen LogP contribution in [0.1, 0.15) is 12.8 Å². The summed E-state index contributed by atoms with van der Waals surface area (Å²) in [5, 5.41) is 13.9. The minimum atomic E-state index is -4.95. The fraction of sp³-hybridized carbons (Fsp3) is 0.485. The van der Waals surface area contributed by atoms with Crippen LogP contribution in [-0.4, -0.2) is 103 Å². The van der Waals surface area contributed by atoms with E-state index in [9.17, 15) is 39.9 Å². The molecule has 268 valence electrons. The second kappa shape index (κ2) is 13.8. The van der Waals surface area contributed by atoms with Gasteiger partial charge in [-0.2, -0.15) is 46.8 Å². The Morgan fingerprint density at radius 1 is 0.600 bits per heavy atom. The highest BCUT2D eigenvalue weighted by atomic mass is 19.4. The molecule has 4 atom stereocenters. The maximum atomic E-state index is 14.8. The third-order valence-electron chi connectivity index (χ3n) is 9.85. The van der Waals surface area contributed by atoms with Crippen molar-refractivity contribution in [3.63, 3.8) is 0 Å². The van der Waals surface area contributed by atoms with Crippen molar-refractivity contribution in [2.24, 2.45) is 20.5 Å². The van der Waals surface area contributed by atoms with Crippen LogP contribution in [0.3, 0.4) is 0 Å². The number of azo groups is 2. The normalized spacial score (nSPS) is 25.8. The van der Waals surface area contributed by atoms with Crippen LogP contribution in [0.4, 0.5) is 46.5 Å². The van der Waals surface area contributed by atoms with E-state index in [-0.39, 0.29) is 52.4 Å². The van der Waals surface area contributed by atoms with Crippen molar-refractivity contribution in [3.05, 3.63) is 84.7 Å². The van der Waals surface area contributed by atoms with Crippen molar-refractivity contribution in [3.8, 4) is 0 Å². The number of benzene rings is 2. The van der Waals surface area contributed by atoms with Gasteiger partial charge in [-0.05, 0) is 60.7 Å². The lowest BCUT2D eigenvalue weighted by Crippen LogP contribution is -2.62. The van der Waals surface area contributed by atoms with Crippen LogP contribution in [-0.2, 0) is 4.79 Å². The number of ketones is 1. The molecule has 0 saturated carbocycles. The minimum absolute atomic E-state index is 0.0949. The Hall–Kier alpha value is -4.25. The number of hydrogen-bond donors (Lipinski definition) is 0. The number of carbonyl (C=O) groups is 1. The highest BCUT2D eigenvalue weighted by molar-refractivity contribution is 5.89. The van der Waals surface area contributed by atoms with Gasteiger partial charge >= 0.3 is 12.4 Å². The number of halogens is 8. The van der Waals surface area contributed by atoms with Gasteiger partial charge in [-0.1, -0.05) is 0 Å². The van der Waals surface area contributed by atoms with Gasteiger partial charge in [0.1, 0.15) is 11.6 Å². The van der Waals surface area contributed by atoms with Crippen LogP contribution in [0.5, 0.6) is 0 Å². The molecule has 0 aromatic heterocycles. The molecule has 6 rings (SSSR count). The molecule has 0 bridgehead atoms. The van der Waals surface area contributed by atoms with Gasteiger partial charge in [-0.25, -0.2) is 8.78 Å². The third-order valence-corrected chi connectivity index (χ3v) is 9.85. The molecule has 4 aliphatic heterocycles. The highest BCUT2D eigenvalue weighted by Crippen LogP contribution is 2.45. The van der Waals surface area contributed by atoms with E-state index in [1.54, 1.807) is 34.1 Å². The smallest absolute Gasteiger partial charge is 0.369 e. The number of hydrogen-bond acceptors (Lipinski definition) is 9. The summed E-state index contributed by atoms with van der Waals surface area (Å²) in [5.41, 5.74) is -4.37. The molecule has 2 aromatic rings. The second-order valence-corrected chi connectivity index (χ2v) is 12.7. The molecule has 4 heterocycles. The number of anilines is 2. The molecule has 2 saturated heterocycles. The molecule has 17 heteroatoms. The van der Waals surface area contributed by atoms with Crippen molar-refractivity contribution in [2.45, 2.75) is 48.4 Å². The second-order valence-electron chi connectivity index (χ2n) is 12.7. The quantitative estimate of drug-likeness (QED) is 0.261. The largest absolute Gasteiger partial charge is 0.419 e. The molecule has 0 spiro atoms. The van der Waals surface area contributed by atoms with Crippen LogP contribution in [0.25, 0.3) is 0 Å². The molecule has 0 amide bonds. The first-order valence-electron chi connectivity index (χ1n) is 16.1. The van der Waals surface area contributed by atoms with E-state index in [1.807, 2.05) is 9.80 Å². The fourth-order valence-electron chi connectivity index (χ4n) is 6.92. The van der Waals surface area contributed by atoms with Crippen LogP contribution >= 0.6 is 0 Å². The number of nitrogens with zero attached hydrogens (tertiary/aromatic N) is 8. The van der Waals surface area contributed by atoms with Crippen molar-refractivity contribution in [1.29, 1.82) is 0 Å². The summed E-state index contributed by atoms with van der Waals surface area (Å²) in [6.07, 6.45) is -8.37. The zero-order valence-electron chi connectivity index (χ0n) is 26.7. The average molecular weight is 711 g/mol. The van der Waals surface area contributed by atoms with E-state index in [0.717, 1.165) is 24.6 Å². The number of piperazine rings is 2. The van der Waals surface area contributed by atoms with Crippen LogP contribution < -0.4 is 9.80 Å². The van der Waals surface area contributed by atoms with Crippen LogP contribution in [0, 0.1) is 11.6 Å². The van der Waals surface area contributed by atoms with Crippen molar-refractivity contribution in [1.82, 2.24) is 9.80 Å². The lowest BCUT2D eigenvalue weighted by Gasteiger charge is -2.46. The summed E-state index contributed by atoms with van der Waals surface area (Å²) in [4.78, 5) is 21.7. The Labute approximate surface area is 282 Å². The standard InChI is InChI=1S/C33H34F8N8O/c34-23-1-5-25(6-2-23)46-13-17-48(18-14-46)27(21-30(32(36,37)38)9-11-42-44-30)29(50)28(22-31(33(39,40)41)10-12-43-45-31)49-19-15-47(16-20-49)26-7-3-24(35)4-8-26/h1-12,27-28H,13-22H2. The van der Waals surface area contributed by atoms with Crippen molar-refractivity contribution < 1.29 is 39.9 Å². The third kappa shape index (κ3) is 7.15. The lowest BCUT2D eigenvalue weighted by atomic mass is 9.82. The van der Waals surface area contributed by atoms with Gasteiger partial charge in [0.05, 0.1) is 12.1 Å². The van der Waals surface area contributed by atoms with Gasteiger partial charge in [0.2, 0.25) is 0 Å². The Bertz CT molecular complexity index is 1480. The molecule has 4 unspecified atom stereocenters. The molecule has 50 heavy (non-hydrogen) atoms. The molecular weight excluding hydrogens is 676 g/mol. The zero-order chi connectivity index (χ0) is 35.7. The minimum Gasteiger partial charge on any atom is -0.369 e. The number of carbonyl (C=O) groups excluding carboxylic acids is 1. The van der Waals surface area contributed by atoms with E-state index in [1.165, 1.54) is 24.3 Å². The molecular formula is C33H34F8N8O. The number of alkyl halides is 6. The maximum Gasteiger partial charge on any atom is 0.419 e. The number of Topliss-reactive ketones (excluding diaryl/α,β-unsaturated/α-hetero) is 1. The van der Waals surface area contributed by atoms with Gasteiger partial charge in [0.25, 0.3) is 0 Å². The summed E-state index contributed by atoms with van der Waals surface area (Å²) in [6.45, 7) is 1.42. The summed E-state index contributed by atoms with van der Waals surface area (Å²) in [6, 6.07) is 8.37. The Kier molecular flexibility index (Phi) is 9.83. The van der Waals surface area contributed by atoms with Crippen molar-refractivity contribution >= 4 is 17.2 Å².